The van der Waals surface area contributed by atoms with Gasteiger partial charge in [0.05, 0.1) is 30.5 Å². The van der Waals surface area contributed by atoms with Gasteiger partial charge in [-0.25, -0.2) is 4.79 Å². The van der Waals surface area contributed by atoms with E-state index in [1.54, 1.807) is 0 Å². The second-order valence-electron chi connectivity index (χ2n) is 3.82. The number of esters is 2. The van der Waals surface area contributed by atoms with E-state index in [2.05, 4.69) is 9.47 Å². The van der Waals surface area contributed by atoms with Crippen LogP contribution < -0.4 is 0 Å². The molecule has 0 amide bonds. The molecule has 0 unspecified atom stereocenters. The second-order valence-corrected chi connectivity index (χ2v) is 3.82. The molecule has 0 fully saturated rings. The van der Waals surface area contributed by atoms with E-state index in [9.17, 15) is 34.9 Å². The molecular weight excluding hydrogens is 280 g/mol. The topological polar surface area (TPSA) is 159 Å². The maximum absolute atomic E-state index is 11.0. The minimum atomic E-state index is -2.87. The third-order valence-corrected chi connectivity index (χ3v) is 2.63. The smallest absolute Gasteiger partial charge is 0.462 e. The molecular formula is C9H14N2O9. The van der Waals surface area contributed by atoms with Gasteiger partial charge in [0.1, 0.15) is 12.8 Å². The molecule has 0 rings (SSSR count). The summed E-state index contributed by atoms with van der Waals surface area (Å²) in [5.41, 5.74) is -2.87. The molecule has 0 saturated heterocycles. The summed E-state index contributed by atoms with van der Waals surface area (Å²) in [6.07, 6.45) is -4.59. The Labute approximate surface area is 112 Å². The van der Waals surface area contributed by atoms with Crippen molar-refractivity contribution in [3.63, 3.8) is 0 Å². The van der Waals surface area contributed by atoms with Gasteiger partial charge < -0.3 is 14.6 Å². The Balaban J connectivity index is 5.23. The molecule has 1 N–H and O–H groups in total. The molecule has 114 valence electrons. The highest BCUT2D eigenvalue weighted by atomic mass is 16.7. The minimum Gasteiger partial charge on any atom is -0.469 e. The Hall–Kier alpha value is -2.30. The van der Waals surface area contributed by atoms with Crippen LogP contribution in [0.5, 0.6) is 0 Å². The Kier molecular flexibility index (Phi) is 6.49. The fourth-order valence-corrected chi connectivity index (χ4v) is 1.43. The van der Waals surface area contributed by atoms with Gasteiger partial charge in [-0.3, -0.25) is 25.0 Å². The van der Waals surface area contributed by atoms with Crippen LogP contribution in [0.15, 0.2) is 0 Å². The Morgan fingerprint density at radius 2 is 1.70 bits per heavy atom. The lowest BCUT2D eigenvalue weighted by Gasteiger charge is -2.18. The summed E-state index contributed by atoms with van der Waals surface area (Å²) in [5, 5.41) is 31.3. The monoisotopic (exact) mass is 294 g/mol. The van der Waals surface area contributed by atoms with Crippen LogP contribution in [0.2, 0.25) is 0 Å². The third-order valence-electron chi connectivity index (χ3n) is 2.63. The fraction of sp³-hybridized carbons (Fsp3) is 0.778. The zero-order valence-electron chi connectivity index (χ0n) is 10.8. The normalized spacial score (nSPS) is 12.3. The Morgan fingerprint density at radius 1 is 1.20 bits per heavy atom. The highest BCUT2D eigenvalue weighted by Gasteiger charge is 2.58. The number of hydrogen-bond acceptors (Lipinski definition) is 9. The maximum atomic E-state index is 11.0. The highest BCUT2D eigenvalue weighted by molar-refractivity contribution is 5.74. The maximum Gasteiger partial charge on any atom is 0.462 e. The van der Waals surface area contributed by atoms with E-state index in [1.165, 1.54) is 0 Å². The molecule has 20 heavy (non-hydrogen) atoms. The van der Waals surface area contributed by atoms with E-state index >= 15 is 0 Å². The number of methoxy groups -OCH3 is 2. The summed E-state index contributed by atoms with van der Waals surface area (Å²) in [6.45, 7) is 0. The summed E-state index contributed by atoms with van der Waals surface area (Å²) in [6, 6.07) is 0. The number of ether oxygens (including phenoxy) is 2. The Morgan fingerprint density at radius 3 is 2.05 bits per heavy atom. The summed E-state index contributed by atoms with van der Waals surface area (Å²) in [7, 11) is 1.94. The number of aliphatic hydroxyl groups is 1. The molecule has 0 spiro atoms. The van der Waals surface area contributed by atoms with Crippen LogP contribution in [0.25, 0.3) is 0 Å². The van der Waals surface area contributed by atoms with E-state index in [0.717, 1.165) is 14.2 Å². The molecule has 0 saturated carbocycles. The van der Waals surface area contributed by atoms with Crippen molar-refractivity contribution in [3.05, 3.63) is 20.2 Å². The van der Waals surface area contributed by atoms with Gasteiger partial charge in [0.15, 0.2) is 6.10 Å². The predicted molar refractivity (Wildman–Crippen MR) is 60.6 cm³/mol. The first-order valence-corrected chi connectivity index (χ1v) is 5.33. The van der Waals surface area contributed by atoms with E-state index in [-0.39, 0.29) is 0 Å². The molecule has 0 aliphatic rings. The number of hydrogen-bond donors (Lipinski definition) is 1. The SMILES string of the molecule is COC(=O)CCC(C[C@H](O)C(=O)OC)([N+](=O)[O-])[N+](=O)[O-]. The third kappa shape index (κ3) is 4.12. The average Bonchev–Trinajstić information content (AvgIpc) is 2.40. The van der Waals surface area contributed by atoms with Crippen molar-refractivity contribution in [3.8, 4) is 0 Å². The first-order chi connectivity index (χ1) is 9.21. The van der Waals surface area contributed by atoms with Crippen molar-refractivity contribution in [1.82, 2.24) is 0 Å². The molecule has 11 heteroatoms. The number of carbonyl (C=O) groups is 2. The van der Waals surface area contributed by atoms with Crippen LogP contribution >= 0.6 is 0 Å². The molecule has 0 aliphatic heterocycles. The lowest BCUT2D eigenvalue weighted by molar-refractivity contribution is -0.799. The van der Waals surface area contributed by atoms with Gasteiger partial charge in [0.25, 0.3) is 0 Å². The van der Waals surface area contributed by atoms with Crippen LogP contribution in [-0.4, -0.2) is 52.9 Å². The number of nitro groups is 2. The van der Waals surface area contributed by atoms with Gasteiger partial charge in [0.2, 0.25) is 0 Å². The molecule has 0 bridgehead atoms. The fourth-order valence-electron chi connectivity index (χ4n) is 1.43. The molecule has 0 aromatic carbocycles. The van der Waals surface area contributed by atoms with Crippen molar-refractivity contribution in [2.45, 2.75) is 31.0 Å². The van der Waals surface area contributed by atoms with Crippen LogP contribution in [0, 0.1) is 20.2 Å². The molecule has 0 aromatic heterocycles. The van der Waals surface area contributed by atoms with Crippen molar-refractivity contribution < 1.29 is 34.0 Å². The lowest BCUT2D eigenvalue weighted by atomic mass is 9.97. The summed E-state index contributed by atoms with van der Waals surface area (Å²) in [5.74, 6) is -2.12. The highest BCUT2D eigenvalue weighted by Crippen LogP contribution is 2.25. The second kappa shape index (κ2) is 7.33. The van der Waals surface area contributed by atoms with Gasteiger partial charge in [-0.05, 0) is 0 Å². The van der Waals surface area contributed by atoms with Crippen LogP contribution in [-0.2, 0) is 19.1 Å². The van der Waals surface area contributed by atoms with Gasteiger partial charge in [0, 0.05) is 0 Å². The Bertz CT molecular complexity index is 394. The number of nitrogens with zero attached hydrogens (tertiary/aromatic N) is 2. The standard InChI is InChI=1S/C9H14N2O9/c1-19-7(13)3-4-9(10(15)16,11(17)18)5-6(12)8(14)20-2/h6,12H,3-5H2,1-2H3/t6-/m0/s1. The molecule has 0 aliphatic carbocycles. The average molecular weight is 294 g/mol. The minimum absolute atomic E-state index is 0.605. The summed E-state index contributed by atoms with van der Waals surface area (Å²) < 4.78 is 8.38. The summed E-state index contributed by atoms with van der Waals surface area (Å²) >= 11 is 0. The van der Waals surface area contributed by atoms with Crippen molar-refractivity contribution >= 4 is 11.9 Å². The number of rotatable bonds is 8. The molecule has 0 heterocycles. The molecule has 0 aromatic rings. The summed E-state index contributed by atoms with van der Waals surface area (Å²) in [4.78, 5) is 41.4. The van der Waals surface area contributed by atoms with Gasteiger partial charge in [-0.1, -0.05) is 0 Å². The van der Waals surface area contributed by atoms with E-state index in [0.29, 0.717) is 0 Å². The predicted octanol–water partition coefficient (Wildman–Crippen LogP) is -0.887. The number of aliphatic hydroxyl groups excluding tert-OH is 1. The van der Waals surface area contributed by atoms with Gasteiger partial charge >= 0.3 is 17.6 Å². The van der Waals surface area contributed by atoms with Gasteiger partial charge in [-0.15, -0.1) is 0 Å². The van der Waals surface area contributed by atoms with Crippen molar-refractivity contribution in [2.24, 2.45) is 0 Å². The van der Waals surface area contributed by atoms with E-state index in [1.807, 2.05) is 0 Å². The van der Waals surface area contributed by atoms with Crippen molar-refractivity contribution in [1.29, 1.82) is 0 Å². The van der Waals surface area contributed by atoms with Crippen LogP contribution in [0.3, 0.4) is 0 Å². The lowest BCUT2D eigenvalue weighted by Crippen LogP contribution is -2.50. The zero-order valence-corrected chi connectivity index (χ0v) is 10.8. The quantitative estimate of drug-likeness (QED) is 0.259. The molecule has 1 atom stereocenters. The first-order valence-electron chi connectivity index (χ1n) is 5.33. The number of carbonyl (C=O) groups excluding carboxylic acids is 2. The molecule has 11 nitrogen and oxygen atoms in total. The van der Waals surface area contributed by atoms with Crippen molar-refractivity contribution in [2.75, 3.05) is 14.2 Å². The van der Waals surface area contributed by atoms with E-state index in [4.69, 9.17) is 0 Å². The molecule has 0 radical (unpaired) electrons. The van der Waals surface area contributed by atoms with E-state index < -0.39 is 52.8 Å². The first kappa shape index (κ1) is 17.7. The largest absolute Gasteiger partial charge is 0.469 e. The zero-order chi connectivity index (χ0) is 15.9. The van der Waals surface area contributed by atoms with Crippen LogP contribution in [0.1, 0.15) is 19.3 Å². The van der Waals surface area contributed by atoms with Crippen LogP contribution in [0.4, 0.5) is 0 Å². The van der Waals surface area contributed by atoms with Gasteiger partial charge in [-0.2, -0.15) is 0 Å².